The van der Waals surface area contributed by atoms with Crippen LogP contribution in [0, 0.1) is 0 Å². The van der Waals surface area contributed by atoms with Crippen LogP contribution in [0.1, 0.15) is 44.5 Å². The standard InChI is InChI=1S/C19H28N4O2/c1-4-9-22(11-12-24)19(25)21-17-7-5-6-16(13-17)14-23-10-8-20-18(23)15(2)3/h5-8,10,13,15,24H,4,9,11-12,14H2,1-3H3,(H,21,25). The van der Waals surface area contributed by atoms with Gasteiger partial charge in [-0.15, -0.1) is 0 Å². The van der Waals surface area contributed by atoms with Crippen molar-refractivity contribution in [3.63, 3.8) is 0 Å². The molecule has 0 aliphatic carbocycles. The number of imidazole rings is 1. The summed E-state index contributed by atoms with van der Waals surface area (Å²) in [5.41, 5.74) is 1.86. The van der Waals surface area contributed by atoms with Gasteiger partial charge in [0.2, 0.25) is 0 Å². The van der Waals surface area contributed by atoms with Crippen LogP contribution in [-0.4, -0.2) is 45.3 Å². The monoisotopic (exact) mass is 344 g/mol. The molecular weight excluding hydrogens is 316 g/mol. The molecule has 1 aromatic heterocycles. The number of hydrogen-bond donors (Lipinski definition) is 2. The van der Waals surface area contributed by atoms with Crippen LogP contribution in [-0.2, 0) is 6.54 Å². The average molecular weight is 344 g/mol. The Kier molecular flexibility index (Phi) is 7.01. The first-order valence-electron chi connectivity index (χ1n) is 8.81. The van der Waals surface area contributed by atoms with Gasteiger partial charge in [0, 0.05) is 43.6 Å². The normalized spacial score (nSPS) is 10.9. The molecule has 0 aliphatic rings. The smallest absolute Gasteiger partial charge is 0.321 e. The van der Waals surface area contributed by atoms with E-state index in [1.165, 1.54) is 0 Å². The lowest BCUT2D eigenvalue weighted by Crippen LogP contribution is -2.37. The minimum Gasteiger partial charge on any atom is -0.395 e. The molecule has 2 N–H and O–H groups in total. The molecule has 0 saturated carbocycles. The van der Waals surface area contributed by atoms with Crippen LogP contribution in [0.4, 0.5) is 10.5 Å². The van der Waals surface area contributed by atoms with Crippen molar-refractivity contribution < 1.29 is 9.90 Å². The fourth-order valence-electron chi connectivity index (χ4n) is 2.81. The Labute approximate surface area is 149 Å². The van der Waals surface area contributed by atoms with Crippen molar-refractivity contribution in [2.75, 3.05) is 25.0 Å². The number of carbonyl (C=O) groups excluding carboxylic acids is 1. The van der Waals surface area contributed by atoms with Gasteiger partial charge in [0.05, 0.1) is 6.61 Å². The largest absolute Gasteiger partial charge is 0.395 e. The number of rotatable bonds is 8. The molecule has 0 unspecified atom stereocenters. The summed E-state index contributed by atoms with van der Waals surface area (Å²) in [7, 11) is 0. The second kappa shape index (κ2) is 9.22. The van der Waals surface area contributed by atoms with Crippen molar-refractivity contribution in [1.29, 1.82) is 0 Å². The number of amides is 2. The molecule has 0 fully saturated rings. The van der Waals surface area contributed by atoms with Crippen LogP contribution in [0.15, 0.2) is 36.7 Å². The van der Waals surface area contributed by atoms with Gasteiger partial charge in [-0.3, -0.25) is 0 Å². The Bertz CT molecular complexity index is 676. The molecule has 0 bridgehead atoms. The Morgan fingerprint density at radius 3 is 2.84 bits per heavy atom. The molecule has 0 spiro atoms. The zero-order chi connectivity index (χ0) is 18.2. The van der Waals surface area contributed by atoms with Crippen molar-refractivity contribution in [2.24, 2.45) is 0 Å². The number of urea groups is 1. The van der Waals surface area contributed by atoms with E-state index in [0.717, 1.165) is 23.5 Å². The van der Waals surface area contributed by atoms with E-state index in [1.54, 1.807) is 4.90 Å². The number of anilines is 1. The van der Waals surface area contributed by atoms with Gasteiger partial charge in [-0.2, -0.15) is 0 Å². The fourth-order valence-corrected chi connectivity index (χ4v) is 2.81. The number of nitrogens with zero attached hydrogens (tertiary/aromatic N) is 3. The van der Waals surface area contributed by atoms with Crippen LogP contribution < -0.4 is 5.32 Å². The first-order chi connectivity index (χ1) is 12.0. The van der Waals surface area contributed by atoms with Gasteiger partial charge in [0.1, 0.15) is 5.82 Å². The van der Waals surface area contributed by atoms with Crippen molar-refractivity contribution >= 4 is 11.7 Å². The summed E-state index contributed by atoms with van der Waals surface area (Å²) in [6.07, 6.45) is 4.65. The van der Waals surface area contributed by atoms with Crippen molar-refractivity contribution in [3.8, 4) is 0 Å². The molecule has 0 aliphatic heterocycles. The molecule has 1 heterocycles. The molecule has 0 saturated heterocycles. The van der Waals surface area contributed by atoms with E-state index in [1.807, 2.05) is 43.6 Å². The van der Waals surface area contributed by atoms with E-state index < -0.39 is 0 Å². The van der Waals surface area contributed by atoms with E-state index in [4.69, 9.17) is 5.11 Å². The molecule has 136 valence electrons. The number of aromatic nitrogens is 2. The van der Waals surface area contributed by atoms with Crippen LogP contribution in [0.25, 0.3) is 0 Å². The number of carbonyl (C=O) groups is 1. The number of hydrogen-bond acceptors (Lipinski definition) is 3. The van der Waals surface area contributed by atoms with Crippen LogP contribution in [0.2, 0.25) is 0 Å². The van der Waals surface area contributed by atoms with Gasteiger partial charge < -0.3 is 19.9 Å². The topological polar surface area (TPSA) is 70.4 Å². The van der Waals surface area contributed by atoms with Gasteiger partial charge >= 0.3 is 6.03 Å². The van der Waals surface area contributed by atoms with E-state index in [-0.39, 0.29) is 12.6 Å². The van der Waals surface area contributed by atoms with Crippen molar-refractivity contribution in [1.82, 2.24) is 14.5 Å². The van der Waals surface area contributed by atoms with Gasteiger partial charge in [-0.05, 0) is 24.1 Å². The van der Waals surface area contributed by atoms with Crippen LogP contribution in [0.3, 0.4) is 0 Å². The maximum atomic E-state index is 12.4. The molecule has 2 amide bonds. The summed E-state index contributed by atoms with van der Waals surface area (Å²) in [4.78, 5) is 18.4. The second-order valence-corrected chi connectivity index (χ2v) is 6.41. The number of aliphatic hydroxyl groups is 1. The third-order valence-electron chi connectivity index (χ3n) is 3.95. The molecule has 6 heteroatoms. The zero-order valence-electron chi connectivity index (χ0n) is 15.3. The summed E-state index contributed by atoms with van der Waals surface area (Å²) in [5.74, 6) is 1.41. The minimum absolute atomic E-state index is 0.0356. The predicted molar refractivity (Wildman–Crippen MR) is 99.8 cm³/mol. The maximum Gasteiger partial charge on any atom is 0.321 e. The molecule has 0 atom stereocenters. The molecule has 2 rings (SSSR count). The highest BCUT2D eigenvalue weighted by atomic mass is 16.3. The third kappa shape index (κ3) is 5.32. The predicted octanol–water partition coefficient (Wildman–Crippen LogP) is 3.29. The lowest BCUT2D eigenvalue weighted by molar-refractivity contribution is 0.188. The lowest BCUT2D eigenvalue weighted by atomic mass is 10.1. The Hall–Kier alpha value is -2.34. The molecular formula is C19H28N4O2. The fraction of sp³-hybridized carbons (Fsp3) is 0.474. The molecule has 6 nitrogen and oxygen atoms in total. The summed E-state index contributed by atoms with van der Waals surface area (Å²) in [6.45, 7) is 7.90. The average Bonchev–Trinajstić information content (AvgIpc) is 3.03. The number of nitrogens with one attached hydrogen (secondary N) is 1. The van der Waals surface area contributed by atoms with E-state index in [9.17, 15) is 4.79 Å². The summed E-state index contributed by atoms with van der Waals surface area (Å²) < 4.78 is 2.13. The summed E-state index contributed by atoms with van der Waals surface area (Å²) in [5, 5.41) is 12.0. The number of benzene rings is 1. The maximum absolute atomic E-state index is 12.4. The third-order valence-corrected chi connectivity index (χ3v) is 3.95. The first kappa shape index (κ1) is 19.0. The summed E-state index contributed by atoms with van der Waals surface area (Å²) >= 11 is 0. The quantitative estimate of drug-likeness (QED) is 0.772. The number of aliphatic hydroxyl groups excluding tert-OH is 1. The Morgan fingerprint density at radius 2 is 2.16 bits per heavy atom. The van der Waals surface area contributed by atoms with E-state index in [2.05, 4.69) is 28.7 Å². The molecule has 2 aromatic rings. The van der Waals surface area contributed by atoms with Crippen molar-refractivity contribution in [2.45, 2.75) is 39.7 Å². The van der Waals surface area contributed by atoms with Gasteiger partial charge in [0.25, 0.3) is 0 Å². The van der Waals surface area contributed by atoms with Crippen molar-refractivity contribution in [3.05, 3.63) is 48.0 Å². The second-order valence-electron chi connectivity index (χ2n) is 6.41. The SMILES string of the molecule is CCCN(CCO)C(=O)Nc1cccc(Cn2ccnc2C(C)C)c1. The first-order valence-corrected chi connectivity index (χ1v) is 8.81. The lowest BCUT2D eigenvalue weighted by Gasteiger charge is -2.21. The Morgan fingerprint density at radius 1 is 1.36 bits per heavy atom. The Balaban J connectivity index is 2.08. The molecule has 25 heavy (non-hydrogen) atoms. The summed E-state index contributed by atoms with van der Waals surface area (Å²) in [6, 6.07) is 7.65. The highest BCUT2D eigenvalue weighted by Gasteiger charge is 2.12. The highest BCUT2D eigenvalue weighted by Crippen LogP contribution is 2.16. The van der Waals surface area contributed by atoms with Gasteiger partial charge in [-0.25, -0.2) is 9.78 Å². The zero-order valence-corrected chi connectivity index (χ0v) is 15.3. The van der Waals surface area contributed by atoms with Crippen LogP contribution in [0.5, 0.6) is 0 Å². The van der Waals surface area contributed by atoms with E-state index >= 15 is 0 Å². The van der Waals surface area contributed by atoms with Crippen LogP contribution >= 0.6 is 0 Å². The van der Waals surface area contributed by atoms with E-state index in [0.29, 0.717) is 25.6 Å². The highest BCUT2D eigenvalue weighted by molar-refractivity contribution is 5.89. The molecule has 1 aromatic carbocycles. The minimum atomic E-state index is -0.182. The van der Waals surface area contributed by atoms with Gasteiger partial charge in [0.15, 0.2) is 0 Å². The van der Waals surface area contributed by atoms with Gasteiger partial charge in [-0.1, -0.05) is 32.9 Å². The molecule has 0 radical (unpaired) electrons.